The summed E-state index contributed by atoms with van der Waals surface area (Å²) in [5, 5.41) is 4.15. The number of aromatic nitrogens is 2. The fraction of sp³-hybridized carbons (Fsp3) is 0.278. The van der Waals surface area contributed by atoms with Crippen molar-refractivity contribution in [1.82, 2.24) is 14.9 Å². The normalized spacial score (nSPS) is 11.0. The summed E-state index contributed by atoms with van der Waals surface area (Å²) in [6.45, 7) is 4.38. The molecule has 0 spiro atoms. The Morgan fingerprint density at radius 1 is 1.31 bits per heavy atom. The zero-order valence-corrected chi connectivity index (χ0v) is 16.8. The van der Waals surface area contributed by atoms with Crippen LogP contribution in [-0.4, -0.2) is 27.8 Å². The number of nitrogens with one attached hydrogen (secondary N) is 1. The van der Waals surface area contributed by atoms with Gasteiger partial charge < -0.3 is 5.32 Å². The average Bonchev–Trinajstić information content (AvgIpc) is 2.91. The average molecular weight is 408 g/mol. The van der Waals surface area contributed by atoms with Crippen molar-refractivity contribution >= 4 is 50.8 Å². The van der Waals surface area contributed by atoms with E-state index in [0.29, 0.717) is 17.0 Å². The van der Waals surface area contributed by atoms with Crippen molar-refractivity contribution in [1.29, 1.82) is 0 Å². The van der Waals surface area contributed by atoms with Gasteiger partial charge in [-0.15, -0.1) is 23.1 Å². The summed E-state index contributed by atoms with van der Waals surface area (Å²) < 4.78 is 1.36. The molecule has 26 heavy (non-hydrogen) atoms. The van der Waals surface area contributed by atoms with Gasteiger partial charge in [0.2, 0.25) is 5.91 Å². The molecule has 1 amide bonds. The summed E-state index contributed by atoms with van der Waals surface area (Å²) >= 11 is 8.99. The number of nitrogens with zero attached hydrogens (tertiary/aromatic N) is 2. The maximum Gasteiger partial charge on any atom is 0.262 e. The highest BCUT2D eigenvalue weighted by atomic mass is 35.5. The van der Waals surface area contributed by atoms with Crippen LogP contribution in [0, 0.1) is 13.8 Å². The van der Waals surface area contributed by atoms with Crippen LogP contribution in [-0.2, 0) is 11.3 Å². The Kier molecular flexibility index (Phi) is 6.01. The first-order valence-electron chi connectivity index (χ1n) is 8.06. The highest BCUT2D eigenvalue weighted by molar-refractivity contribution is 7.99. The number of carbonyl (C=O) groups is 1. The fourth-order valence-electron chi connectivity index (χ4n) is 2.48. The molecule has 0 aliphatic rings. The van der Waals surface area contributed by atoms with Gasteiger partial charge in [-0.1, -0.05) is 11.6 Å². The van der Waals surface area contributed by atoms with Gasteiger partial charge in [0.1, 0.15) is 11.4 Å². The molecule has 0 fully saturated rings. The van der Waals surface area contributed by atoms with Crippen molar-refractivity contribution in [2.24, 2.45) is 0 Å². The molecule has 2 heterocycles. The van der Waals surface area contributed by atoms with Crippen molar-refractivity contribution in [2.75, 3.05) is 12.3 Å². The zero-order valence-electron chi connectivity index (χ0n) is 14.4. The Balaban J connectivity index is 1.56. The van der Waals surface area contributed by atoms with Crippen LogP contribution in [0.4, 0.5) is 0 Å². The summed E-state index contributed by atoms with van der Waals surface area (Å²) in [6.07, 6.45) is 1.45. The van der Waals surface area contributed by atoms with Gasteiger partial charge in [-0.25, -0.2) is 4.98 Å². The molecule has 3 rings (SSSR count). The van der Waals surface area contributed by atoms with Gasteiger partial charge in [0.25, 0.3) is 5.56 Å². The lowest BCUT2D eigenvalue weighted by molar-refractivity contribution is -0.121. The SMILES string of the molecule is Cc1sc2ncn(CC(=O)NCCSc3ccc(Cl)cc3)c(=O)c2c1C. The zero-order chi connectivity index (χ0) is 18.7. The minimum Gasteiger partial charge on any atom is -0.354 e. The monoisotopic (exact) mass is 407 g/mol. The molecular weight excluding hydrogens is 390 g/mol. The molecule has 2 aromatic heterocycles. The van der Waals surface area contributed by atoms with Crippen LogP contribution < -0.4 is 10.9 Å². The van der Waals surface area contributed by atoms with E-state index in [1.807, 2.05) is 38.1 Å². The van der Waals surface area contributed by atoms with E-state index in [0.717, 1.165) is 25.9 Å². The fourth-order valence-corrected chi connectivity index (χ4v) is 4.37. The van der Waals surface area contributed by atoms with Crippen molar-refractivity contribution in [3.63, 3.8) is 0 Å². The lowest BCUT2D eigenvalue weighted by Crippen LogP contribution is -2.33. The van der Waals surface area contributed by atoms with Gasteiger partial charge >= 0.3 is 0 Å². The van der Waals surface area contributed by atoms with E-state index >= 15 is 0 Å². The molecule has 1 aromatic carbocycles. The topological polar surface area (TPSA) is 64.0 Å². The Morgan fingerprint density at radius 3 is 2.77 bits per heavy atom. The van der Waals surface area contributed by atoms with E-state index in [-0.39, 0.29) is 18.0 Å². The Hall–Kier alpha value is -1.83. The quantitative estimate of drug-likeness (QED) is 0.500. The van der Waals surface area contributed by atoms with Crippen LogP contribution in [0.3, 0.4) is 0 Å². The Morgan fingerprint density at radius 2 is 2.04 bits per heavy atom. The second-order valence-electron chi connectivity index (χ2n) is 5.79. The molecule has 0 saturated heterocycles. The van der Waals surface area contributed by atoms with Gasteiger partial charge in [0.15, 0.2) is 0 Å². The number of rotatable bonds is 6. The highest BCUT2D eigenvalue weighted by Gasteiger charge is 2.13. The van der Waals surface area contributed by atoms with Gasteiger partial charge in [0.05, 0.1) is 11.7 Å². The van der Waals surface area contributed by atoms with E-state index in [9.17, 15) is 9.59 Å². The number of benzene rings is 1. The second-order valence-corrected chi connectivity index (χ2v) is 8.60. The highest BCUT2D eigenvalue weighted by Crippen LogP contribution is 2.25. The molecule has 0 aliphatic carbocycles. The number of hydrogen-bond donors (Lipinski definition) is 1. The van der Waals surface area contributed by atoms with E-state index in [4.69, 9.17) is 11.6 Å². The van der Waals surface area contributed by atoms with E-state index in [1.54, 1.807) is 11.8 Å². The van der Waals surface area contributed by atoms with Gasteiger partial charge in [-0.2, -0.15) is 0 Å². The van der Waals surface area contributed by atoms with Crippen LogP contribution in [0.5, 0.6) is 0 Å². The Bertz CT molecular complexity index is 996. The van der Waals surface area contributed by atoms with Crippen LogP contribution >= 0.6 is 34.7 Å². The summed E-state index contributed by atoms with van der Waals surface area (Å²) in [5.74, 6) is 0.539. The second kappa shape index (κ2) is 8.24. The minimum absolute atomic E-state index is 0.0261. The molecule has 0 atom stereocenters. The van der Waals surface area contributed by atoms with Gasteiger partial charge in [-0.3, -0.25) is 14.2 Å². The number of aryl methyl sites for hydroxylation is 2. The van der Waals surface area contributed by atoms with Crippen molar-refractivity contribution in [3.8, 4) is 0 Å². The van der Waals surface area contributed by atoms with Crippen LogP contribution in [0.1, 0.15) is 10.4 Å². The first-order valence-corrected chi connectivity index (χ1v) is 10.2. The third kappa shape index (κ3) is 4.28. The Labute approximate surface area is 164 Å². The van der Waals surface area contributed by atoms with Gasteiger partial charge in [-0.05, 0) is 43.7 Å². The first kappa shape index (κ1) is 18.9. The van der Waals surface area contributed by atoms with Crippen molar-refractivity contribution in [3.05, 3.63) is 56.4 Å². The maximum absolute atomic E-state index is 12.6. The minimum atomic E-state index is -0.199. The number of hydrogen-bond acceptors (Lipinski definition) is 5. The van der Waals surface area contributed by atoms with Crippen LogP contribution in [0.15, 0.2) is 40.3 Å². The number of carbonyl (C=O) groups excluding carboxylic acids is 1. The summed E-state index contributed by atoms with van der Waals surface area (Å²) in [7, 11) is 0. The van der Waals surface area contributed by atoms with Gasteiger partial charge in [0, 0.05) is 27.1 Å². The number of thioether (sulfide) groups is 1. The third-order valence-electron chi connectivity index (χ3n) is 3.98. The standard InChI is InChI=1S/C18H18ClN3O2S2/c1-11-12(2)26-17-16(11)18(24)22(10-21-17)9-15(23)20-7-8-25-14-5-3-13(19)4-6-14/h3-6,10H,7-9H2,1-2H3,(H,20,23). The lowest BCUT2D eigenvalue weighted by Gasteiger charge is -2.07. The predicted molar refractivity (Wildman–Crippen MR) is 109 cm³/mol. The molecule has 0 bridgehead atoms. The summed E-state index contributed by atoms with van der Waals surface area (Å²) in [6, 6.07) is 7.57. The lowest BCUT2D eigenvalue weighted by atomic mass is 10.2. The van der Waals surface area contributed by atoms with E-state index < -0.39 is 0 Å². The molecule has 136 valence electrons. The molecular formula is C18H18ClN3O2S2. The van der Waals surface area contributed by atoms with Crippen molar-refractivity contribution in [2.45, 2.75) is 25.3 Å². The number of halogens is 1. The largest absolute Gasteiger partial charge is 0.354 e. The molecule has 0 aliphatic heterocycles. The molecule has 3 aromatic rings. The molecule has 1 N–H and O–H groups in total. The summed E-state index contributed by atoms with van der Waals surface area (Å²) in [5.41, 5.74) is 0.777. The molecule has 5 nitrogen and oxygen atoms in total. The predicted octanol–water partition coefficient (Wildman–Crippen LogP) is 3.64. The molecule has 0 unspecified atom stereocenters. The molecule has 0 saturated carbocycles. The number of fused-ring (bicyclic) bond motifs is 1. The van der Waals surface area contributed by atoms with Crippen LogP contribution in [0.25, 0.3) is 10.2 Å². The van der Waals surface area contributed by atoms with E-state index in [1.165, 1.54) is 22.2 Å². The van der Waals surface area contributed by atoms with E-state index in [2.05, 4.69) is 10.3 Å². The third-order valence-corrected chi connectivity index (χ3v) is 6.36. The number of thiophene rings is 1. The number of amides is 1. The molecule has 8 heteroatoms. The first-order chi connectivity index (χ1) is 12.5. The van der Waals surface area contributed by atoms with Crippen LogP contribution in [0.2, 0.25) is 5.02 Å². The smallest absolute Gasteiger partial charge is 0.262 e. The molecule has 0 radical (unpaired) electrons. The summed E-state index contributed by atoms with van der Waals surface area (Å²) in [4.78, 5) is 31.9. The van der Waals surface area contributed by atoms with Crippen molar-refractivity contribution < 1.29 is 4.79 Å². The maximum atomic E-state index is 12.6.